The zero-order valence-electron chi connectivity index (χ0n) is 13.0. The van der Waals surface area contributed by atoms with E-state index in [2.05, 4.69) is 10.1 Å². The Morgan fingerprint density at radius 2 is 2.04 bits per heavy atom. The standard InChI is InChI=1S/C15H9Cl3FN3O3S/c1-22-14(24)10(11(23)13(17)21-22)9-8(19)3-2-7(16)12(9)25-5-6-4-20-15(18)26-6/h2-4,23H,5H2,1H3. The minimum atomic E-state index is -0.818. The third kappa shape index (κ3) is 3.50. The van der Waals surface area contributed by atoms with Crippen LogP contribution in [0.1, 0.15) is 4.88 Å². The molecule has 0 fully saturated rings. The summed E-state index contributed by atoms with van der Waals surface area (Å²) < 4.78 is 21.4. The Morgan fingerprint density at radius 3 is 2.69 bits per heavy atom. The van der Waals surface area contributed by atoms with Crippen LogP contribution in [0, 0.1) is 5.82 Å². The van der Waals surface area contributed by atoms with E-state index < -0.39 is 22.7 Å². The molecule has 0 saturated heterocycles. The Hall–Kier alpha value is -1.87. The van der Waals surface area contributed by atoms with Crippen LogP contribution in [-0.2, 0) is 13.7 Å². The van der Waals surface area contributed by atoms with E-state index in [-0.39, 0.29) is 28.1 Å². The first-order chi connectivity index (χ1) is 12.3. The molecule has 11 heteroatoms. The summed E-state index contributed by atoms with van der Waals surface area (Å²) in [6.07, 6.45) is 1.50. The highest BCUT2D eigenvalue weighted by Gasteiger charge is 2.25. The number of hydrogen-bond donors (Lipinski definition) is 1. The fourth-order valence-corrected chi connectivity index (χ4v) is 3.53. The lowest BCUT2D eigenvalue weighted by atomic mass is 10.0. The molecule has 0 bridgehead atoms. The summed E-state index contributed by atoms with van der Waals surface area (Å²) in [7, 11) is 1.32. The van der Waals surface area contributed by atoms with Gasteiger partial charge in [-0.2, -0.15) is 5.10 Å². The lowest BCUT2D eigenvalue weighted by Crippen LogP contribution is -2.22. The normalized spacial score (nSPS) is 11.0. The van der Waals surface area contributed by atoms with Crippen molar-refractivity contribution in [1.82, 2.24) is 14.8 Å². The molecule has 2 aromatic heterocycles. The first-order valence-corrected chi connectivity index (χ1v) is 8.91. The van der Waals surface area contributed by atoms with E-state index in [1.165, 1.54) is 30.6 Å². The van der Waals surface area contributed by atoms with E-state index in [0.717, 1.165) is 10.7 Å². The summed E-state index contributed by atoms with van der Waals surface area (Å²) >= 11 is 18.9. The maximum absolute atomic E-state index is 14.6. The molecule has 0 spiro atoms. The second-order valence-electron chi connectivity index (χ2n) is 5.04. The van der Waals surface area contributed by atoms with Crippen molar-refractivity contribution in [3.63, 3.8) is 0 Å². The first-order valence-electron chi connectivity index (χ1n) is 6.96. The molecule has 0 aliphatic rings. The second-order valence-corrected chi connectivity index (χ2v) is 7.51. The maximum Gasteiger partial charge on any atom is 0.278 e. The summed E-state index contributed by atoms with van der Waals surface area (Å²) in [6, 6.07) is 2.33. The van der Waals surface area contributed by atoms with Gasteiger partial charge in [-0.1, -0.05) is 34.8 Å². The summed E-state index contributed by atoms with van der Waals surface area (Å²) in [4.78, 5) is 17.0. The van der Waals surface area contributed by atoms with E-state index in [4.69, 9.17) is 39.5 Å². The zero-order valence-corrected chi connectivity index (χ0v) is 16.0. The molecule has 0 aliphatic heterocycles. The van der Waals surface area contributed by atoms with E-state index in [9.17, 15) is 14.3 Å². The monoisotopic (exact) mass is 435 g/mol. The number of aryl methyl sites for hydroxylation is 1. The summed E-state index contributed by atoms with van der Waals surface area (Å²) in [5.74, 6) is -1.60. The third-order valence-corrected chi connectivity index (χ3v) is 5.01. The van der Waals surface area contributed by atoms with Crippen molar-refractivity contribution in [2.24, 2.45) is 7.05 Å². The average molecular weight is 437 g/mol. The van der Waals surface area contributed by atoms with Gasteiger partial charge in [-0.25, -0.2) is 14.1 Å². The molecule has 1 aromatic carbocycles. The quantitative estimate of drug-likeness (QED) is 0.660. The van der Waals surface area contributed by atoms with Crippen LogP contribution < -0.4 is 10.3 Å². The van der Waals surface area contributed by atoms with E-state index in [1.807, 2.05) is 0 Å². The van der Waals surface area contributed by atoms with Gasteiger partial charge >= 0.3 is 0 Å². The molecular weight excluding hydrogens is 428 g/mol. The second kappa shape index (κ2) is 7.40. The molecule has 0 atom stereocenters. The number of nitrogens with zero attached hydrogens (tertiary/aromatic N) is 3. The molecular formula is C15H9Cl3FN3O3S. The number of aromatic hydroxyl groups is 1. The molecule has 3 aromatic rings. The fourth-order valence-electron chi connectivity index (χ4n) is 2.22. The first kappa shape index (κ1) is 18.9. The minimum Gasteiger partial charge on any atom is -0.504 e. The fraction of sp³-hybridized carbons (Fsp3) is 0.133. The maximum atomic E-state index is 14.6. The lowest BCUT2D eigenvalue weighted by Gasteiger charge is -2.15. The van der Waals surface area contributed by atoms with Crippen molar-refractivity contribution in [2.45, 2.75) is 6.61 Å². The molecule has 0 unspecified atom stereocenters. The molecule has 136 valence electrons. The third-order valence-electron chi connectivity index (χ3n) is 3.37. The van der Waals surface area contributed by atoms with Crippen LogP contribution in [0.4, 0.5) is 4.39 Å². The zero-order chi connectivity index (χ0) is 19.0. The van der Waals surface area contributed by atoms with Gasteiger partial charge in [0.2, 0.25) is 0 Å². The van der Waals surface area contributed by atoms with Crippen molar-refractivity contribution in [1.29, 1.82) is 0 Å². The van der Waals surface area contributed by atoms with E-state index in [1.54, 1.807) is 0 Å². The van der Waals surface area contributed by atoms with Crippen LogP contribution in [0.2, 0.25) is 14.6 Å². The summed E-state index contributed by atoms with van der Waals surface area (Å²) in [5.41, 5.74) is -1.47. The van der Waals surface area contributed by atoms with Gasteiger partial charge in [-0.05, 0) is 12.1 Å². The van der Waals surface area contributed by atoms with Crippen molar-refractivity contribution in [3.05, 3.63) is 54.0 Å². The Balaban J connectivity index is 2.17. The Morgan fingerprint density at radius 1 is 1.31 bits per heavy atom. The smallest absolute Gasteiger partial charge is 0.278 e. The highest BCUT2D eigenvalue weighted by Crippen LogP contribution is 2.42. The van der Waals surface area contributed by atoms with Gasteiger partial charge in [-0.3, -0.25) is 4.79 Å². The van der Waals surface area contributed by atoms with Gasteiger partial charge in [0.05, 0.1) is 15.5 Å². The number of rotatable bonds is 4. The number of benzene rings is 1. The van der Waals surface area contributed by atoms with Crippen molar-refractivity contribution in [2.75, 3.05) is 0 Å². The number of thiazole rings is 1. The van der Waals surface area contributed by atoms with Gasteiger partial charge in [0, 0.05) is 13.2 Å². The highest BCUT2D eigenvalue weighted by atomic mass is 35.5. The topological polar surface area (TPSA) is 77.2 Å². The molecule has 26 heavy (non-hydrogen) atoms. The van der Waals surface area contributed by atoms with Crippen LogP contribution in [0.25, 0.3) is 11.1 Å². The van der Waals surface area contributed by atoms with Gasteiger partial charge in [-0.15, -0.1) is 11.3 Å². The number of hydrogen-bond acceptors (Lipinski definition) is 6. The lowest BCUT2D eigenvalue weighted by molar-refractivity contribution is 0.309. The molecule has 1 N–H and O–H groups in total. The Kier molecular flexibility index (Phi) is 5.38. The van der Waals surface area contributed by atoms with Gasteiger partial charge in [0.1, 0.15) is 23.7 Å². The molecule has 6 nitrogen and oxygen atoms in total. The van der Waals surface area contributed by atoms with E-state index >= 15 is 0 Å². The SMILES string of the molecule is Cn1nc(Cl)c(O)c(-c2c(F)ccc(Cl)c2OCc2cnc(Cl)s2)c1=O. The van der Waals surface area contributed by atoms with Crippen LogP contribution in [0.15, 0.2) is 23.1 Å². The predicted octanol–water partition coefficient (Wildman–Crippen LogP) is 4.29. The number of aromatic nitrogens is 3. The molecule has 0 amide bonds. The van der Waals surface area contributed by atoms with Gasteiger partial charge in [0.25, 0.3) is 5.56 Å². The molecule has 3 rings (SSSR count). The molecule has 2 heterocycles. The largest absolute Gasteiger partial charge is 0.504 e. The van der Waals surface area contributed by atoms with Gasteiger partial charge in [0.15, 0.2) is 15.4 Å². The van der Waals surface area contributed by atoms with Crippen LogP contribution in [0.5, 0.6) is 11.5 Å². The molecule has 0 saturated carbocycles. The van der Waals surface area contributed by atoms with Crippen LogP contribution in [-0.4, -0.2) is 19.9 Å². The number of ether oxygens (including phenoxy) is 1. The molecule has 0 radical (unpaired) electrons. The molecule has 0 aliphatic carbocycles. The highest BCUT2D eigenvalue weighted by molar-refractivity contribution is 7.15. The van der Waals surface area contributed by atoms with Crippen molar-refractivity contribution >= 4 is 46.1 Å². The van der Waals surface area contributed by atoms with Crippen LogP contribution in [0.3, 0.4) is 0 Å². The van der Waals surface area contributed by atoms with Gasteiger partial charge < -0.3 is 9.84 Å². The number of halogens is 4. The van der Waals surface area contributed by atoms with E-state index in [0.29, 0.717) is 9.34 Å². The predicted molar refractivity (Wildman–Crippen MR) is 98.0 cm³/mol. The van der Waals surface area contributed by atoms with Crippen LogP contribution >= 0.6 is 46.1 Å². The average Bonchev–Trinajstić information content (AvgIpc) is 3.01. The summed E-state index contributed by atoms with van der Waals surface area (Å²) in [5, 5.41) is 13.5. The summed E-state index contributed by atoms with van der Waals surface area (Å²) in [6.45, 7) is -0.0134. The van der Waals surface area contributed by atoms with Crippen molar-refractivity contribution in [3.8, 4) is 22.6 Å². The minimum absolute atomic E-state index is 0.0134. The Labute approximate surface area is 165 Å². The van der Waals surface area contributed by atoms with Crippen molar-refractivity contribution < 1.29 is 14.2 Å². The Bertz CT molecular complexity index is 1050.